The lowest BCUT2D eigenvalue weighted by Crippen LogP contribution is -2.60. The van der Waals surface area contributed by atoms with Crippen molar-refractivity contribution in [1.82, 2.24) is 0 Å². The summed E-state index contributed by atoms with van der Waals surface area (Å²) in [7, 11) is -4.61. The second-order valence-corrected chi connectivity index (χ2v) is 16.9. The molecule has 0 bridgehead atoms. The fourth-order valence-corrected chi connectivity index (χ4v) is 6.92. The molecule has 0 radical (unpaired) electrons. The number of esters is 2. The predicted octanol–water partition coefficient (Wildman–Crippen LogP) is 9.11. The number of aliphatic hydroxyl groups is 3. The Morgan fingerprint density at radius 1 is 0.567 bits per heavy atom. The van der Waals surface area contributed by atoms with Crippen molar-refractivity contribution in [2.24, 2.45) is 0 Å². The smallest absolute Gasteiger partial charge is 0.306 e. The molecular weight excluding hydrogens is 789 g/mol. The zero-order valence-corrected chi connectivity index (χ0v) is 37.3. The predicted molar refractivity (Wildman–Crippen MR) is 238 cm³/mol. The van der Waals surface area contributed by atoms with Crippen LogP contribution in [0.1, 0.15) is 155 Å². The Labute approximate surface area is 361 Å². The third-order valence-corrected chi connectivity index (χ3v) is 10.5. The van der Waals surface area contributed by atoms with Crippen molar-refractivity contribution in [2.45, 2.75) is 192 Å². The highest BCUT2D eigenvalue weighted by atomic mass is 32.2. The average molecular weight is 867 g/mol. The van der Waals surface area contributed by atoms with Crippen LogP contribution in [0.3, 0.4) is 0 Å². The molecule has 1 heterocycles. The molecule has 1 saturated heterocycles. The molecule has 4 N–H and O–H groups in total. The van der Waals surface area contributed by atoms with Gasteiger partial charge in [0.25, 0.3) is 10.1 Å². The highest BCUT2D eigenvalue weighted by Gasteiger charge is 2.46. The Balaban J connectivity index is 2.51. The van der Waals surface area contributed by atoms with Gasteiger partial charge in [-0.25, -0.2) is 0 Å². The molecule has 0 spiro atoms. The van der Waals surface area contributed by atoms with Gasteiger partial charge < -0.3 is 34.3 Å². The molecule has 0 saturated carbocycles. The van der Waals surface area contributed by atoms with Crippen molar-refractivity contribution < 1.29 is 56.8 Å². The standard InChI is InChI=1S/C47H78O12S/c1-3-5-7-9-11-13-15-17-19-20-22-23-25-27-29-31-33-35-42(48)56-37-40(38-57-47-46(52)45(51)44(50)41(59-47)39-60(53,54)55)58-43(49)36-34-32-30-28-26-24-21-18-16-14-12-10-8-6-4-2/h11-14,17-19,21-23,27,29,40-41,44-47,50-52H,3-10,15-16,20,24-26,28,30-39H2,1-2H3,(H,53,54,55)/b13-11+,14-12+,19-17+,21-18+,23-22+,29-27+/t40-,41-,44-,45?,46?,47+/m1/s1. The number of allylic oxidation sites excluding steroid dienone is 12. The zero-order chi connectivity index (χ0) is 44.1. The second-order valence-electron chi connectivity index (χ2n) is 15.4. The normalized spacial score (nSPS) is 20.8. The number of unbranched alkanes of at least 4 members (excludes halogenated alkanes) is 12. The second kappa shape index (κ2) is 36.7. The Kier molecular flexibility index (Phi) is 33.7. The lowest BCUT2D eigenvalue weighted by molar-refractivity contribution is -0.297. The molecule has 0 aliphatic carbocycles. The van der Waals surface area contributed by atoms with Crippen LogP contribution in [-0.4, -0.2) is 96.0 Å². The van der Waals surface area contributed by atoms with E-state index in [9.17, 15) is 37.9 Å². The van der Waals surface area contributed by atoms with E-state index >= 15 is 0 Å². The zero-order valence-electron chi connectivity index (χ0n) is 36.5. The quantitative estimate of drug-likeness (QED) is 0.0203. The maximum atomic E-state index is 12.8. The topological polar surface area (TPSA) is 186 Å². The molecule has 0 aromatic rings. The molecule has 0 aromatic heterocycles. The molecule has 0 amide bonds. The monoisotopic (exact) mass is 867 g/mol. The van der Waals surface area contributed by atoms with Gasteiger partial charge in [-0.3, -0.25) is 14.1 Å². The summed E-state index contributed by atoms with van der Waals surface area (Å²) in [6.07, 6.45) is 36.6. The molecule has 2 unspecified atom stereocenters. The van der Waals surface area contributed by atoms with Gasteiger partial charge in [0.15, 0.2) is 12.4 Å². The number of hydrogen-bond donors (Lipinski definition) is 4. The van der Waals surface area contributed by atoms with E-state index in [1.165, 1.54) is 38.5 Å². The molecule has 60 heavy (non-hydrogen) atoms. The molecule has 0 aromatic carbocycles. The first-order valence-corrected chi connectivity index (χ1v) is 24.1. The van der Waals surface area contributed by atoms with Gasteiger partial charge >= 0.3 is 11.9 Å². The lowest BCUT2D eigenvalue weighted by atomic mass is 10.00. The van der Waals surface area contributed by atoms with E-state index in [2.05, 4.69) is 74.6 Å². The Morgan fingerprint density at radius 3 is 1.53 bits per heavy atom. The molecule has 6 atom stereocenters. The van der Waals surface area contributed by atoms with E-state index in [-0.39, 0.29) is 19.4 Å². The van der Waals surface area contributed by atoms with Crippen molar-refractivity contribution in [3.63, 3.8) is 0 Å². The number of rotatable bonds is 36. The Morgan fingerprint density at radius 2 is 1.02 bits per heavy atom. The van der Waals surface area contributed by atoms with E-state index in [4.69, 9.17) is 18.9 Å². The van der Waals surface area contributed by atoms with Crippen LogP contribution in [0.15, 0.2) is 72.9 Å². The van der Waals surface area contributed by atoms with Gasteiger partial charge in [-0.15, -0.1) is 0 Å². The first kappa shape index (κ1) is 55.1. The van der Waals surface area contributed by atoms with Crippen LogP contribution in [0.5, 0.6) is 0 Å². The fourth-order valence-electron chi connectivity index (χ4n) is 6.23. The van der Waals surface area contributed by atoms with Crippen LogP contribution >= 0.6 is 0 Å². The van der Waals surface area contributed by atoms with E-state index in [0.29, 0.717) is 19.3 Å². The molecule has 12 nitrogen and oxygen atoms in total. The first-order valence-electron chi connectivity index (χ1n) is 22.5. The highest BCUT2D eigenvalue weighted by Crippen LogP contribution is 2.24. The van der Waals surface area contributed by atoms with E-state index < -0.39 is 71.2 Å². The third kappa shape index (κ3) is 31.0. The van der Waals surface area contributed by atoms with Crippen LogP contribution in [-0.2, 0) is 38.7 Å². The van der Waals surface area contributed by atoms with Crippen LogP contribution in [0.4, 0.5) is 0 Å². The average Bonchev–Trinajstić information content (AvgIpc) is 3.21. The maximum absolute atomic E-state index is 12.8. The summed E-state index contributed by atoms with van der Waals surface area (Å²) in [4.78, 5) is 25.4. The van der Waals surface area contributed by atoms with Crippen LogP contribution in [0.25, 0.3) is 0 Å². The highest BCUT2D eigenvalue weighted by molar-refractivity contribution is 7.85. The van der Waals surface area contributed by atoms with Gasteiger partial charge in [0, 0.05) is 12.8 Å². The van der Waals surface area contributed by atoms with E-state index in [1.54, 1.807) is 0 Å². The Bertz CT molecular complexity index is 1390. The van der Waals surface area contributed by atoms with Gasteiger partial charge in [-0.2, -0.15) is 8.42 Å². The Hall–Kier alpha value is -2.91. The molecular formula is C47H78O12S. The largest absolute Gasteiger partial charge is 0.462 e. The van der Waals surface area contributed by atoms with Gasteiger partial charge in [-0.05, 0) is 83.5 Å². The maximum Gasteiger partial charge on any atom is 0.306 e. The number of hydrogen-bond acceptors (Lipinski definition) is 11. The molecule has 13 heteroatoms. The van der Waals surface area contributed by atoms with Gasteiger partial charge in [-0.1, -0.05) is 132 Å². The first-order chi connectivity index (χ1) is 29.0. The fraction of sp³-hybridized carbons (Fsp3) is 0.702. The molecule has 1 aliphatic rings. The number of aliphatic hydroxyl groups excluding tert-OH is 3. The summed E-state index contributed by atoms with van der Waals surface area (Å²) in [6, 6.07) is 0. The molecule has 1 aliphatic heterocycles. The molecule has 344 valence electrons. The number of ether oxygens (including phenoxy) is 4. The van der Waals surface area contributed by atoms with Crippen LogP contribution in [0, 0.1) is 0 Å². The van der Waals surface area contributed by atoms with Gasteiger partial charge in [0.05, 0.1) is 6.61 Å². The lowest BCUT2D eigenvalue weighted by Gasteiger charge is -2.40. The minimum atomic E-state index is -4.61. The minimum absolute atomic E-state index is 0.133. The van der Waals surface area contributed by atoms with Gasteiger partial charge in [0.2, 0.25) is 0 Å². The van der Waals surface area contributed by atoms with Crippen molar-refractivity contribution in [1.29, 1.82) is 0 Å². The minimum Gasteiger partial charge on any atom is -0.462 e. The summed E-state index contributed by atoms with van der Waals surface area (Å²) < 4.78 is 54.0. The number of carbonyl (C=O) groups is 2. The third-order valence-electron chi connectivity index (χ3n) is 9.76. The summed E-state index contributed by atoms with van der Waals surface area (Å²) in [5.74, 6) is -2.08. The van der Waals surface area contributed by atoms with Crippen molar-refractivity contribution >= 4 is 22.1 Å². The van der Waals surface area contributed by atoms with Crippen molar-refractivity contribution in [3.05, 3.63) is 72.9 Å². The SMILES string of the molecule is CCCCC/C=C/C/C=C/C/C=C/C/C=C/CCCC(=O)OC[C@H](CO[C@H]1O[C@H](CS(=O)(=O)O)[C@@H](O)C(O)C1O)OC(=O)CCCCCCC/C=C/C/C=C/CCCCC. The van der Waals surface area contributed by atoms with E-state index in [1.807, 2.05) is 12.2 Å². The van der Waals surface area contributed by atoms with Crippen LogP contribution in [0.2, 0.25) is 0 Å². The summed E-state index contributed by atoms with van der Waals surface area (Å²) in [5.41, 5.74) is 0. The summed E-state index contributed by atoms with van der Waals surface area (Å²) in [5, 5.41) is 30.9. The number of carbonyl (C=O) groups excluding carboxylic acids is 2. The van der Waals surface area contributed by atoms with E-state index in [0.717, 1.165) is 70.6 Å². The van der Waals surface area contributed by atoms with Gasteiger partial charge in [0.1, 0.15) is 36.8 Å². The van der Waals surface area contributed by atoms with Crippen molar-refractivity contribution in [3.8, 4) is 0 Å². The molecule has 1 fully saturated rings. The summed E-state index contributed by atoms with van der Waals surface area (Å²) in [6.45, 7) is 3.63. The molecule has 1 rings (SSSR count). The summed E-state index contributed by atoms with van der Waals surface area (Å²) >= 11 is 0. The van der Waals surface area contributed by atoms with Crippen molar-refractivity contribution in [2.75, 3.05) is 19.0 Å². The van der Waals surface area contributed by atoms with Crippen LogP contribution < -0.4 is 0 Å².